The van der Waals surface area contributed by atoms with Crippen LogP contribution in [0.1, 0.15) is 29.6 Å². The maximum Gasteiger partial charge on any atom is 0.252 e. The van der Waals surface area contributed by atoms with E-state index in [1.807, 2.05) is 43.3 Å². The van der Waals surface area contributed by atoms with E-state index in [4.69, 9.17) is 11.6 Å². The lowest BCUT2D eigenvalue weighted by Crippen LogP contribution is -2.48. The van der Waals surface area contributed by atoms with Crippen LogP contribution in [-0.2, 0) is 4.79 Å². The molecule has 2 amide bonds. The monoisotopic (exact) mass is 607 g/mol. The summed E-state index contributed by atoms with van der Waals surface area (Å²) in [6.45, 7) is 0.627. The number of H-pyrrole nitrogens is 1. The number of fused-ring (bicyclic) bond motifs is 1. The molecule has 9 nitrogen and oxygen atoms in total. The number of aromatic nitrogens is 3. The van der Waals surface area contributed by atoms with Crippen molar-refractivity contribution in [3.05, 3.63) is 83.7 Å². The summed E-state index contributed by atoms with van der Waals surface area (Å²) in [5.74, 6) is -3.60. The number of rotatable bonds is 9. The molecule has 0 radical (unpaired) electrons. The van der Waals surface area contributed by atoms with Crippen molar-refractivity contribution in [2.24, 2.45) is 0 Å². The molecular formula is C31H32ClF2N7O2. The normalized spacial score (nSPS) is 18.2. The largest absolute Gasteiger partial charge is 0.360 e. The molecule has 2 aromatic heterocycles. The predicted octanol–water partition coefficient (Wildman–Crippen LogP) is 5.73. The van der Waals surface area contributed by atoms with Crippen molar-refractivity contribution < 1.29 is 18.4 Å². The van der Waals surface area contributed by atoms with Crippen molar-refractivity contribution in [1.82, 2.24) is 25.2 Å². The van der Waals surface area contributed by atoms with Gasteiger partial charge in [-0.3, -0.25) is 9.59 Å². The molecule has 2 aromatic carbocycles. The van der Waals surface area contributed by atoms with Gasteiger partial charge in [0, 0.05) is 71.5 Å². The molecule has 2 heterocycles. The number of likely N-dealkylation sites (N-methyl/N-ethyl adjacent to an activating group) is 1. The van der Waals surface area contributed by atoms with Crippen molar-refractivity contribution in [2.45, 2.75) is 37.3 Å². The standard InChI is InChI=1S/C31H32ClF2N7O2/c1-41(2)13-5-8-27(42)37-20-11-9-19(10-12-20)29(43)38-21-14-22(16-31(33,34)15-21)39-30-36-18-25(32)28(40-30)24-17-35-26-7-4-3-6-23(24)26/h3-12,17-18,21-22,35H,13-16H2,1-2H3,(H,37,42)(H,38,43)(H,36,39,40)/b8-5+/t21-,22+/m1/s1. The van der Waals surface area contributed by atoms with Crippen LogP contribution >= 0.6 is 11.6 Å². The Balaban J connectivity index is 1.23. The Morgan fingerprint density at radius 3 is 2.63 bits per heavy atom. The summed E-state index contributed by atoms with van der Waals surface area (Å²) in [5.41, 5.74) is 2.98. The van der Waals surface area contributed by atoms with E-state index >= 15 is 0 Å². The van der Waals surface area contributed by atoms with E-state index in [-0.39, 0.29) is 18.3 Å². The first kappa shape index (κ1) is 30.1. The highest BCUT2D eigenvalue weighted by molar-refractivity contribution is 6.33. The third kappa shape index (κ3) is 7.74. The Morgan fingerprint density at radius 2 is 1.86 bits per heavy atom. The first-order chi connectivity index (χ1) is 20.6. The molecule has 4 N–H and O–H groups in total. The molecule has 0 bridgehead atoms. The van der Waals surface area contributed by atoms with Crippen molar-refractivity contribution in [1.29, 1.82) is 0 Å². The van der Waals surface area contributed by atoms with Crippen LogP contribution < -0.4 is 16.0 Å². The SMILES string of the molecule is CN(C)C/C=C/C(=O)Nc1ccc(C(=O)N[C@@H]2C[C@H](Nc3ncc(Cl)c(-c4c[nH]c5ccccc45)n3)CC(F)(F)C2)cc1. The van der Waals surface area contributed by atoms with Gasteiger partial charge < -0.3 is 25.8 Å². The summed E-state index contributed by atoms with van der Waals surface area (Å²) in [7, 11) is 3.79. The Morgan fingerprint density at radius 1 is 1.12 bits per heavy atom. The molecule has 2 atom stereocenters. The third-order valence-corrected chi connectivity index (χ3v) is 7.35. The minimum absolute atomic E-state index is 0.173. The molecular weight excluding hydrogens is 576 g/mol. The highest BCUT2D eigenvalue weighted by atomic mass is 35.5. The molecule has 4 aromatic rings. The molecule has 1 aliphatic carbocycles. The van der Waals surface area contributed by atoms with Gasteiger partial charge in [-0.2, -0.15) is 0 Å². The number of nitrogens with zero attached hydrogens (tertiary/aromatic N) is 3. The van der Waals surface area contributed by atoms with Crippen molar-refractivity contribution >= 4 is 46.0 Å². The molecule has 12 heteroatoms. The van der Waals surface area contributed by atoms with E-state index in [0.29, 0.717) is 28.5 Å². The van der Waals surface area contributed by atoms with E-state index in [1.54, 1.807) is 36.5 Å². The number of hydrogen-bond donors (Lipinski definition) is 4. The summed E-state index contributed by atoms with van der Waals surface area (Å²) in [5, 5.41) is 9.75. The third-order valence-electron chi connectivity index (χ3n) is 7.07. The first-order valence-corrected chi connectivity index (χ1v) is 14.2. The van der Waals surface area contributed by atoms with Gasteiger partial charge in [0.05, 0.1) is 16.9 Å². The smallest absolute Gasteiger partial charge is 0.252 e. The number of carbonyl (C=O) groups is 2. The van der Waals surface area contributed by atoms with Crippen LogP contribution in [0.4, 0.5) is 20.4 Å². The molecule has 5 rings (SSSR count). The summed E-state index contributed by atoms with van der Waals surface area (Å²) < 4.78 is 29.6. The number of benzene rings is 2. The van der Waals surface area contributed by atoms with Gasteiger partial charge in [-0.1, -0.05) is 35.9 Å². The van der Waals surface area contributed by atoms with Gasteiger partial charge in [0.15, 0.2) is 0 Å². The molecule has 0 aliphatic heterocycles. The van der Waals surface area contributed by atoms with E-state index in [2.05, 4.69) is 30.9 Å². The van der Waals surface area contributed by atoms with Crippen molar-refractivity contribution in [3.63, 3.8) is 0 Å². The van der Waals surface area contributed by atoms with Gasteiger partial charge in [-0.05, 0) is 50.8 Å². The summed E-state index contributed by atoms with van der Waals surface area (Å²) >= 11 is 6.42. The van der Waals surface area contributed by atoms with Gasteiger partial charge in [-0.15, -0.1) is 0 Å². The summed E-state index contributed by atoms with van der Waals surface area (Å²) in [4.78, 5) is 38.9. The maximum atomic E-state index is 14.8. The zero-order chi connectivity index (χ0) is 30.6. The lowest BCUT2D eigenvalue weighted by Gasteiger charge is -2.35. The van der Waals surface area contributed by atoms with Crippen molar-refractivity contribution in [3.8, 4) is 11.3 Å². The van der Waals surface area contributed by atoms with Gasteiger partial charge in [-0.25, -0.2) is 18.7 Å². The average molecular weight is 608 g/mol. The van der Waals surface area contributed by atoms with Crippen LogP contribution in [0.5, 0.6) is 0 Å². The van der Waals surface area contributed by atoms with E-state index < -0.39 is 36.8 Å². The van der Waals surface area contributed by atoms with Crippen LogP contribution in [0.15, 0.2) is 73.1 Å². The average Bonchev–Trinajstić information content (AvgIpc) is 3.37. The predicted molar refractivity (Wildman–Crippen MR) is 165 cm³/mol. The number of carbonyl (C=O) groups excluding carboxylic acids is 2. The van der Waals surface area contributed by atoms with Gasteiger partial charge in [0.2, 0.25) is 11.9 Å². The van der Waals surface area contributed by atoms with Crippen LogP contribution in [0.2, 0.25) is 5.02 Å². The number of para-hydroxylation sites is 1. The maximum absolute atomic E-state index is 14.8. The molecule has 1 aliphatic rings. The number of halogens is 3. The number of aromatic amines is 1. The molecule has 43 heavy (non-hydrogen) atoms. The number of nitrogens with one attached hydrogen (secondary N) is 4. The number of anilines is 2. The lowest BCUT2D eigenvalue weighted by molar-refractivity contribution is -0.111. The highest BCUT2D eigenvalue weighted by Gasteiger charge is 2.42. The van der Waals surface area contributed by atoms with Crippen LogP contribution in [-0.4, -0.2) is 70.3 Å². The Bertz CT molecular complexity index is 1640. The Labute approximate surface area is 252 Å². The first-order valence-electron chi connectivity index (χ1n) is 13.8. The Kier molecular flexibility index (Phi) is 9.02. The molecule has 1 fully saturated rings. The molecule has 0 unspecified atom stereocenters. The second kappa shape index (κ2) is 12.9. The fraction of sp³-hybridized carbons (Fsp3) is 0.290. The topological polar surface area (TPSA) is 115 Å². The van der Waals surface area contributed by atoms with Gasteiger partial charge in [0.1, 0.15) is 0 Å². The fourth-order valence-electron chi connectivity index (χ4n) is 5.14. The van der Waals surface area contributed by atoms with E-state index in [9.17, 15) is 18.4 Å². The van der Waals surface area contributed by atoms with Crippen LogP contribution in [0.25, 0.3) is 22.2 Å². The fourth-order valence-corrected chi connectivity index (χ4v) is 5.33. The van der Waals surface area contributed by atoms with Gasteiger partial charge in [0.25, 0.3) is 11.8 Å². The summed E-state index contributed by atoms with van der Waals surface area (Å²) in [6.07, 6.45) is 5.77. The van der Waals surface area contributed by atoms with Crippen molar-refractivity contribution in [2.75, 3.05) is 31.3 Å². The van der Waals surface area contributed by atoms with Gasteiger partial charge >= 0.3 is 0 Å². The minimum Gasteiger partial charge on any atom is -0.360 e. The zero-order valence-electron chi connectivity index (χ0n) is 23.7. The molecule has 0 saturated heterocycles. The van der Waals surface area contributed by atoms with Crippen LogP contribution in [0.3, 0.4) is 0 Å². The zero-order valence-corrected chi connectivity index (χ0v) is 24.5. The second-order valence-corrected chi connectivity index (χ2v) is 11.3. The van der Waals surface area contributed by atoms with E-state index in [1.165, 1.54) is 12.3 Å². The number of amides is 2. The molecule has 0 spiro atoms. The van der Waals surface area contributed by atoms with E-state index in [0.717, 1.165) is 16.5 Å². The second-order valence-electron chi connectivity index (χ2n) is 10.9. The minimum atomic E-state index is -3.01. The Hall–Kier alpha value is -4.35. The number of alkyl halides is 2. The number of hydrogen-bond acceptors (Lipinski definition) is 6. The highest BCUT2D eigenvalue weighted by Crippen LogP contribution is 2.36. The lowest BCUT2D eigenvalue weighted by atomic mass is 9.87. The molecule has 224 valence electrons. The summed E-state index contributed by atoms with van der Waals surface area (Å²) in [6, 6.07) is 12.5. The van der Waals surface area contributed by atoms with Crippen LogP contribution in [0, 0.1) is 0 Å². The molecule has 1 saturated carbocycles. The quantitative estimate of drug-likeness (QED) is 0.181.